The van der Waals surface area contributed by atoms with Crippen molar-refractivity contribution in [2.45, 2.75) is 23.9 Å². The van der Waals surface area contributed by atoms with Crippen molar-refractivity contribution in [1.29, 1.82) is 0 Å². The van der Waals surface area contributed by atoms with E-state index in [1.54, 1.807) is 37.8 Å². The highest BCUT2D eigenvalue weighted by molar-refractivity contribution is 8.00. The molecule has 0 radical (unpaired) electrons. The van der Waals surface area contributed by atoms with Crippen LogP contribution in [0.2, 0.25) is 0 Å². The molecular weight excluding hydrogens is 342 g/mol. The SMILES string of the molecule is COCCNC(=O)[C@@H](C)Sc1nc2ccccc2c(=O)n1CCOC. The van der Waals surface area contributed by atoms with E-state index in [9.17, 15) is 9.59 Å². The van der Waals surface area contributed by atoms with Crippen molar-refractivity contribution in [1.82, 2.24) is 14.9 Å². The number of aromatic nitrogens is 2. The van der Waals surface area contributed by atoms with Gasteiger partial charge in [0.15, 0.2) is 5.16 Å². The number of methoxy groups -OCH3 is 2. The molecule has 0 unspecified atom stereocenters. The van der Waals surface area contributed by atoms with Crippen molar-refractivity contribution >= 4 is 28.6 Å². The molecule has 0 aliphatic carbocycles. The lowest BCUT2D eigenvalue weighted by atomic mass is 10.2. The van der Waals surface area contributed by atoms with Crippen molar-refractivity contribution < 1.29 is 14.3 Å². The minimum absolute atomic E-state index is 0.122. The average molecular weight is 365 g/mol. The predicted octanol–water partition coefficient (Wildman–Crippen LogP) is 1.29. The number of carbonyl (C=O) groups is 1. The molecule has 1 aromatic carbocycles. The van der Waals surface area contributed by atoms with Crippen LogP contribution in [-0.2, 0) is 20.8 Å². The van der Waals surface area contributed by atoms with Gasteiger partial charge in [0.1, 0.15) is 0 Å². The molecule has 1 aromatic heterocycles. The molecule has 8 heteroatoms. The van der Waals surface area contributed by atoms with E-state index in [0.29, 0.717) is 42.4 Å². The van der Waals surface area contributed by atoms with Crippen LogP contribution < -0.4 is 10.9 Å². The molecule has 7 nitrogen and oxygen atoms in total. The lowest BCUT2D eigenvalue weighted by molar-refractivity contribution is -0.120. The van der Waals surface area contributed by atoms with Gasteiger partial charge in [0.05, 0.1) is 35.9 Å². The Balaban J connectivity index is 2.28. The van der Waals surface area contributed by atoms with Crippen LogP contribution in [-0.4, -0.2) is 54.7 Å². The number of hydrogen-bond donors (Lipinski definition) is 1. The Bertz CT molecular complexity index is 778. The van der Waals surface area contributed by atoms with Gasteiger partial charge in [-0.3, -0.25) is 14.2 Å². The summed E-state index contributed by atoms with van der Waals surface area (Å²) in [5.74, 6) is -0.122. The van der Waals surface area contributed by atoms with Crippen LogP contribution >= 0.6 is 11.8 Å². The summed E-state index contributed by atoms with van der Waals surface area (Å²) in [4.78, 5) is 29.5. The Kier molecular flexibility index (Phi) is 7.42. The van der Waals surface area contributed by atoms with Gasteiger partial charge in [0.25, 0.3) is 5.56 Å². The van der Waals surface area contributed by atoms with E-state index in [2.05, 4.69) is 10.3 Å². The molecular formula is C17H23N3O4S. The first-order valence-corrected chi connectivity index (χ1v) is 8.88. The average Bonchev–Trinajstić information content (AvgIpc) is 2.61. The predicted molar refractivity (Wildman–Crippen MR) is 98.1 cm³/mol. The molecule has 1 atom stereocenters. The second kappa shape index (κ2) is 9.55. The van der Waals surface area contributed by atoms with Crippen molar-refractivity contribution in [3.8, 4) is 0 Å². The highest BCUT2D eigenvalue weighted by atomic mass is 32.2. The molecule has 136 valence electrons. The van der Waals surface area contributed by atoms with Crippen molar-refractivity contribution in [2.75, 3.05) is 34.0 Å². The van der Waals surface area contributed by atoms with Crippen molar-refractivity contribution in [3.63, 3.8) is 0 Å². The summed E-state index contributed by atoms with van der Waals surface area (Å²) in [6, 6.07) is 7.20. The van der Waals surface area contributed by atoms with Crippen LogP contribution in [0.5, 0.6) is 0 Å². The minimum Gasteiger partial charge on any atom is -0.383 e. The summed E-state index contributed by atoms with van der Waals surface area (Å²) >= 11 is 1.26. The fourth-order valence-corrected chi connectivity index (χ4v) is 3.21. The van der Waals surface area contributed by atoms with Crippen LogP contribution in [0, 0.1) is 0 Å². The third-order valence-corrected chi connectivity index (χ3v) is 4.69. The summed E-state index contributed by atoms with van der Waals surface area (Å²) in [5.41, 5.74) is 0.493. The summed E-state index contributed by atoms with van der Waals surface area (Å²) in [5, 5.41) is 3.47. The molecule has 0 aliphatic heterocycles. The molecule has 0 saturated carbocycles. The number of para-hydroxylation sites is 1. The van der Waals surface area contributed by atoms with Crippen LogP contribution in [0.1, 0.15) is 6.92 Å². The fourth-order valence-electron chi connectivity index (χ4n) is 2.25. The topological polar surface area (TPSA) is 82.5 Å². The number of amides is 1. The third-order valence-electron chi connectivity index (χ3n) is 3.60. The van der Waals surface area contributed by atoms with Gasteiger partial charge in [-0.15, -0.1) is 0 Å². The van der Waals surface area contributed by atoms with Crippen molar-refractivity contribution in [2.24, 2.45) is 0 Å². The van der Waals surface area contributed by atoms with Crippen LogP contribution in [0.25, 0.3) is 10.9 Å². The number of ether oxygens (including phenoxy) is 2. The van der Waals surface area contributed by atoms with Gasteiger partial charge in [-0.25, -0.2) is 4.98 Å². The van der Waals surface area contributed by atoms with E-state index in [4.69, 9.17) is 9.47 Å². The Hall–Kier alpha value is -1.90. The summed E-state index contributed by atoms with van der Waals surface area (Å²) < 4.78 is 11.6. The normalized spacial score (nSPS) is 12.3. The molecule has 0 bridgehead atoms. The fraction of sp³-hybridized carbons (Fsp3) is 0.471. The number of fused-ring (bicyclic) bond motifs is 1. The van der Waals surface area contributed by atoms with Gasteiger partial charge in [0, 0.05) is 20.8 Å². The molecule has 0 aliphatic rings. The maximum atomic E-state index is 12.8. The molecule has 1 amide bonds. The summed E-state index contributed by atoms with van der Waals surface area (Å²) in [6.07, 6.45) is 0. The molecule has 0 spiro atoms. The molecule has 1 N–H and O–H groups in total. The Morgan fingerprint density at radius 3 is 2.72 bits per heavy atom. The Morgan fingerprint density at radius 1 is 1.28 bits per heavy atom. The highest BCUT2D eigenvalue weighted by Crippen LogP contribution is 2.22. The summed E-state index contributed by atoms with van der Waals surface area (Å²) in [6.45, 7) is 3.46. The quantitative estimate of drug-likeness (QED) is 0.410. The first kappa shape index (κ1) is 19.4. The summed E-state index contributed by atoms with van der Waals surface area (Å²) in [7, 11) is 3.16. The first-order valence-electron chi connectivity index (χ1n) is 8.00. The zero-order valence-corrected chi connectivity index (χ0v) is 15.5. The van der Waals surface area contributed by atoms with Crippen LogP contribution in [0.3, 0.4) is 0 Å². The number of nitrogens with one attached hydrogen (secondary N) is 1. The lowest BCUT2D eigenvalue weighted by Gasteiger charge is -2.16. The van der Waals surface area contributed by atoms with Gasteiger partial charge in [-0.05, 0) is 19.1 Å². The molecule has 2 rings (SSSR count). The van der Waals surface area contributed by atoms with E-state index in [1.807, 2.05) is 12.1 Å². The molecule has 0 fully saturated rings. The molecule has 0 saturated heterocycles. The maximum Gasteiger partial charge on any atom is 0.262 e. The standard InChI is InChI=1S/C17H23N3O4S/c1-12(15(21)18-8-10-23-2)25-17-19-14-7-5-4-6-13(14)16(22)20(17)9-11-24-3/h4-7,12H,8-11H2,1-3H3,(H,18,21)/t12-/m1/s1. The number of hydrogen-bond acceptors (Lipinski definition) is 6. The van der Waals surface area contributed by atoms with Gasteiger partial charge < -0.3 is 14.8 Å². The second-order valence-corrected chi connectivity index (χ2v) is 6.71. The number of thioether (sulfide) groups is 1. The molecule has 2 aromatic rings. The maximum absolute atomic E-state index is 12.8. The van der Waals surface area contributed by atoms with E-state index < -0.39 is 5.25 Å². The van der Waals surface area contributed by atoms with E-state index in [-0.39, 0.29) is 11.5 Å². The van der Waals surface area contributed by atoms with Crippen molar-refractivity contribution in [3.05, 3.63) is 34.6 Å². The number of nitrogens with zero attached hydrogens (tertiary/aromatic N) is 2. The van der Waals surface area contributed by atoms with Crippen LogP contribution in [0.15, 0.2) is 34.2 Å². The molecule has 1 heterocycles. The minimum atomic E-state index is -0.390. The third kappa shape index (κ3) is 5.04. The monoisotopic (exact) mass is 365 g/mol. The van der Waals surface area contributed by atoms with E-state index in [1.165, 1.54) is 11.8 Å². The Morgan fingerprint density at radius 2 is 2.00 bits per heavy atom. The van der Waals surface area contributed by atoms with Gasteiger partial charge in [0.2, 0.25) is 5.91 Å². The van der Waals surface area contributed by atoms with Gasteiger partial charge in [-0.1, -0.05) is 23.9 Å². The van der Waals surface area contributed by atoms with E-state index in [0.717, 1.165) is 0 Å². The number of rotatable bonds is 9. The molecule has 25 heavy (non-hydrogen) atoms. The first-order chi connectivity index (χ1) is 12.1. The second-order valence-electron chi connectivity index (χ2n) is 5.41. The van der Waals surface area contributed by atoms with Gasteiger partial charge >= 0.3 is 0 Å². The number of carbonyl (C=O) groups excluding carboxylic acids is 1. The van der Waals surface area contributed by atoms with E-state index >= 15 is 0 Å². The Labute approximate surface area is 150 Å². The largest absolute Gasteiger partial charge is 0.383 e. The van der Waals surface area contributed by atoms with Crippen LogP contribution in [0.4, 0.5) is 0 Å². The zero-order valence-electron chi connectivity index (χ0n) is 14.7. The lowest BCUT2D eigenvalue weighted by Crippen LogP contribution is -2.34. The zero-order chi connectivity index (χ0) is 18.2. The van der Waals surface area contributed by atoms with Gasteiger partial charge in [-0.2, -0.15) is 0 Å². The smallest absolute Gasteiger partial charge is 0.262 e. The highest BCUT2D eigenvalue weighted by Gasteiger charge is 2.19. The number of benzene rings is 1.